The molecule has 1 aliphatic heterocycles. The van der Waals surface area contributed by atoms with E-state index in [9.17, 15) is 36.4 Å². The SMILES string of the molecule is CN1C[C@@H](C(=O)N(c2cccc(F)c2)[C@@H](C(=O)NC2CC(F)(F)C2)c2ccccc2Cl)N(c2cc(C#N)ccn2)S1(=O)=O. The van der Waals surface area contributed by atoms with Crippen LogP contribution in [0.4, 0.5) is 24.7 Å². The van der Waals surface area contributed by atoms with Crippen molar-refractivity contribution >= 4 is 45.1 Å². The maximum atomic E-state index is 14.6. The summed E-state index contributed by atoms with van der Waals surface area (Å²) < 4.78 is 70.3. The number of hydrogen-bond donors (Lipinski definition) is 1. The lowest BCUT2D eigenvalue weighted by Gasteiger charge is -2.39. The molecule has 3 aromatic rings. The number of carbonyl (C=O) groups is 2. The zero-order valence-electron chi connectivity index (χ0n) is 22.5. The Morgan fingerprint density at radius 1 is 1.16 bits per heavy atom. The van der Waals surface area contributed by atoms with E-state index >= 15 is 0 Å². The third kappa shape index (κ3) is 5.88. The Hall–Kier alpha value is -4.19. The summed E-state index contributed by atoms with van der Waals surface area (Å²) in [7, 11) is -3.10. The van der Waals surface area contributed by atoms with Crippen LogP contribution >= 0.6 is 11.6 Å². The van der Waals surface area contributed by atoms with Crippen LogP contribution in [0.2, 0.25) is 5.02 Å². The van der Waals surface area contributed by atoms with E-state index in [1.807, 2.05) is 6.07 Å². The zero-order chi connectivity index (χ0) is 31.1. The fraction of sp³-hybridized carbons (Fsp3) is 0.286. The van der Waals surface area contributed by atoms with E-state index in [4.69, 9.17) is 11.6 Å². The van der Waals surface area contributed by atoms with Gasteiger partial charge in [-0.05, 0) is 36.4 Å². The van der Waals surface area contributed by atoms with Crippen LogP contribution in [-0.2, 0) is 19.8 Å². The van der Waals surface area contributed by atoms with Gasteiger partial charge in [0.2, 0.25) is 5.91 Å². The molecule has 1 aliphatic carbocycles. The second-order valence-corrected chi connectivity index (χ2v) is 12.5. The molecule has 0 spiro atoms. The number of anilines is 2. The summed E-state index contributed by atoms with van der Waals surface area (Å²) in [6.07, 6.45) is -0.00747. The molecule has 2 aromatic carbocycles. The Morgan fingerprint density at radius 3 is 2.53 bits per heavy atom. The molecule has 5 rings (SSSR count). The molecule has 1 saturated carbocycles. The Bertz CT molecular complexity index is 1730. The Morgan fingerprint density at radius 2 is 1.88 bits per heavy atom. The van der Waals surface area contributed by atoms with E-state index in [2.05, 4.69) is 10.3 Å². The van der Waals surface area contributed by atoms with Crippen molar-refractivity contribution in [1.82, 2.24) is 14.6 Å². The Labute approximate surface area is 250 Å². The van der Waals surface area contributed by atoms with Crippen LogP contribution in [0.3, 0.4) is 0 Å². The highest BCUT2D eigenvalue weighted by molar-refractivity contribution is 7.90. The topological polar surface area (TPSA) is 127 Å². The van der Waals surface area contributed by atoms with Gasteiger partial charge in [-0.1, -0.05) is 35.9 Å². The number of likely N-dealkylation sites (N-methyl/N-ethyl adjacent to an activating group) is 1. The monoisotopic (exact) mass is 632 g/mol. The van der Waals surface area contributed by atoms with Gasteiger partial charge < -0.3 is 5.32 Å². The van der Waals surface area contributed by atoms with Crippen molar-refractivity contribution < 1.29 is 31.2 Å². The van der Waals surface area contributed by atoms with E-state index in [1.54, 1.807) is 12.1 Å². The van der Waals surface area contributed by atoms with Gasteiger partial charge in [-0.25, -0.2) is 22.5 Å². The first-order valence-electron chi connectivity index (χ1n) is 13.0. The second-order valence-electron chi connectivity index (χ2n) is 10.2. The minimum absolute atomic E-state index is 0.0483. The molecule has 0 radical (unpaired) electrons. The molecule has 0 unspecified atom stereocenters. The first-order valence-corrected chi connectivity index (χ1v) is 14.7. The molecule has 224 valence electrons. The van der Waals surface area contributed by atoms with Crippen LogP contribution in [0, 0.1) is 17.1 Å². The smallest absolute Gasteiger partial charge is 0.305 e. The van der Waals surface area contributed by atoms with Gasteiger partial charge in [0.1, 0.15) is 23.7 Å². The van der Waals surface area contributed by atoms with Crippen molar-refractivity contribution in [2.24, 2.45) is 0 Å². The maximum Gasteiger partial charge on any atom is 0.305 e. The normalized spacial score (nSPS) is 20.1. The molecule has 0 bridgehead atoms. The van der Waals surface area contributed by atoms with Gasteiger partial charge in [0.15, 0.2) is 0 Å². The number of benzene rings is 2. The van der Waals surface area contributed by atoms with E-state index in [1.165, 1.54) is 49.6 Å². The zero-order valence-corrected chi connectivity index (χ0v) is 24.1. The summed E-state index contributed by atoms with van der Waals surface area (Å²) in [6.45, 7) is -0.392. The molecule has 1 N–H and O–H groups in total. The van der Waals surface area contributed by atoms with Crippen molar-refractivity contribution in [3.63, 3.8) is 0 Å². The highest BCUT2D eigenvalue weighted by Gasteiger charge is 2.51. The number of hydrogen-bond acceptors (Lipinski definition) is 6. The summed E-state index contributed by atoms with van der Waals surface area (Å²) in [6, 6.07) is 11.2. The molecular weight excluding hydrogens is 609 g/mol. The predicted octanol–water partition coefficient (Wildman–Crippen LogP) is 3.80. The van der Waals surface area contributed by atoms with Gasteiger partial charge >= 0.3 is 10.2 Å². The molecule has 1 saturated heterocycles. The van der Waals surface area contributed by atoms with E-state index in [0.717, 1.165) is 25.6 Å². The van der Waals surface area contributed by atoms with Gasteiger partial charge in [-0.2, -0.15) is 18.0 Å². The fourth-order valence-electron chi connectivity index (χ4n) is 5.12. The number of nitriles is 1. The number of carbonyl (C=O) groups excluding carboxylic acids is 2. The van der Waals surface area contributed by atoms with Crippen molar-refractivity contribution in [3.8, 4) is 6.07 Å². The maximum absolute atomic E-state index is 14.6. The predicted molar refractivity (Wildman–Crippen MR) is 151 cm³/mol. The molecule has 2 aliphatic rings. The van der Waals surface area contributed by atoms with E-state index < -0.39 is 71.3 Å². The number of nitrogens with zero attached hydrogens (tertiary/aromatic N) is 5. The third-order valence-electron chi connectivity index (χ3n) is 7.21. The molecular formula is C28H24ClF3N6O4S. The van der Waals surface area contributed by atoms with Gasteiger partial charge in [0.25, 0.3) is 11.8 Å². The number of alkyl halides is 2. The van der Waals surface area contributed by atoms with Gasteiger partial charge in [-0.3, -0.25) is 14.5 Å². The van der Waals surface area contributed by atoms with Crippen molar-refractivity contribution in [3.05, 3.63) is 88.8 Å². The molecule has 43 heavy (non-hydrogen) atoms. The number of rotatable bonds is 7. The summed E-state index contributed by atoms with van der Waals surface area (Å²) in [5.74, 6) is -5.78. The van der Waals surface area contributed by atoms with Gasteiger partial charge in [0.05, 0.1) is 11.6 Å². The summed E-state index contributed by atoms with van der Waals surface area (Å²) >= 11 is 6.48. The molecule has 2 amide bonds. The van der Waals surface area contributed by atoms with Crippen LogP contribution in [0.25, 0.3) is 0 Å². The van der Waals surface area contributed by atoms with E-state index in [0.29, 0.717) is 0 Å². The van der Waals surface area contributed by atoms with Gasteiger partial charge in [-0.15, -0.1) is 0 Å². The minimum atomic E-state index is -4.34. The number of halogens is 4. The molecule has 2 heterocycles. The lowest BCUT2D eigenvalue weighted by Crippen LogP contribution is -2.56. The highest BCUT2D eigenvalue weighted by atomic mass is 35.5. The van der Waals surface area contributed by atoms with E-state index in [-0.39, 0.29) is 27.7 Å². The minimum Gasteiger partial charge on any atom is -0.351 e. The first-order chi connectivity index (χ1) is 20.3. The van der Waals surface area contributed by atoms with Crippen LogP contribution in [0.5, 0.6) is 0 Å². The quantitative estimate of drug-likeness (QED) is 0.422. The van der Waals surface area contributed by atoms with Crippen LogP contribution in [-0.4, -0.2) is 61.1 Å². The molecule has 2 atom stereocenters. The number of pyridine rings is 1. The molecule has 15 heteroatoms. The van der Waals surface area contributed by atoms with Crippen molar-refractivity contribution in [2.75, 3.05) is 22.8 Å². The summed E-state index contributed by atoms with van der Waals surface area (Å²) in [4.78, 5) is 33.4. The lowest BCUT2D eigenvalue weighted by molar-refractivity contribution is -0.133. The second kappa shape index (κ2) is 11.5. The van der Waals surface area contributed by atoms with Gasteiger partial charge in [0, 0.05) is 54.9 Å². The number of aromatic nitrogens is 1. The van der Waals surface area contributed by atoms with Crippen LogP contribution in [0.15, 0.2) is 66.9 Å². The number of amides is 2. The average Bonchev–Trinajstić information content (AvgIpc) is 3.19. The first kappa shape index (κ1) is 30.3. The standard InChI is InChI=1S/C28H24ClF3N6O4S/c1-36-16-23(38(43(36,41)42)24-11-17(15-33)9-10-34-24)27(40)37(20-6-4-5-18(30)12-20)25(21-7-2-3-8-22(21)29)26(39)35-19-13-28(31,32)14-19/h2-12,19,23,25H,13-14,16H2,1H3,(H,35,39)/t23-,25+/m0/s1. The summed E-state index contributed by atoms with van der Waals surface area (Å²) in [5.41, 5.74) is 0.0546. The summed E-state index contributed by atoms with van der Waals surface area (Å²) in [5, 5.41) is 12.0. The molecule has 10 nitrogen and oxygen atoms in total. The highest BCUT2D eigenvalue weighted by Crippen LogP contribution is 2.40. The Kier molecular flexibility index (Phi) is 8.08. The van der Waals surface area contributed by atoms with Crippen molar-refractivity contribution in [1.29, 1.82) is 5.26 Å². The molecule has 2 fully saturated rings. The number of nitrogens with one attached hydrogen (secondary N) is 1. The van der Waals surface area contributed by atoms with Crippen LogP contribution in [0.1, 0.15) is 30.0 Å². The third-order valence-corrected chi connectivity index (χ3v) is 9.43. The Balaban J connectivity index is 1.65. The fourth-order valence-corrected chi connectivity index (χ4v) is 6.80. The largest absolute Gasteiger partial charge is 0.351 e. The van der Waals surface area contributed by atoms with Crippen LogP contribution < -0.4 is 14.5 Å². The molecule has 1 aromatic heterocycles. The van der Waals surface area contributed by atoms with Crippen molar-refractivity contribution in [2.45, 2.75) is 36.9 Å². The lowest BCUT2D eigenvalue weighted by atomic mass is 9.87. The average molecular weight is 633 g/mol.